The predicted octanol–water partition coefficient (Wildman–Crippen LogP) is 4.22. The van der Waals surface area contributed by atoms with Crippen molar-refractivity contribution < 1.29 is 14.0 Å². The molecule has 29 heavy (non-hydrogen) atoms. The lowest BCUT2D eigenvalue weighted by molar-refractivity contribution is -0.123. The second-order valence-corrected chi connectivity index (χ2v) is 8.55. The van der Waals surface area contributed by atoms with Gasteiger partial charge in [-0.15, -0.1) is 0 Å². The number of hydrogen-bond acceptors (Lipinski definition) is 2. The van der Waals surface area contributed by atoms with Crippen LogP contribution in [0.25, 0.3) is 0 Å². The largest absolute Gasteiger partial charge is 0.352 e. The number of halogens is 1. The number of urea groups is 1. The Morgan fingerprint density at radius 3 is 2.48 bits per heavy atom. The molecule has 3 amide bonds. The van der Waals surface area contributed by atoms with Crippen LogP contribution in [0.3, 0.4) is 0 Å². The molecule has 0 bridgehead atoms. The molecule has 1 aromatic rings. The van der Waals surface area contributed by atoms with Gasteiger partial charge in [-0.3, -0.25) is 4.79 Å². The Bertz CT molecular complexity index is 673. The van der Waals surface area contributed by atoms with Gasteiger partial charge in [0.1, 0.15) is 5.82 Å². The van der Waals surface area contributed by atoms with Crippen LogP contribution in [0.4, 0.5) is 9.18 Å². The first kappa shape index (κ1) is 21.6. The van der Waals surface area contributed by atoms with E-state index in [1.54, 1.807) is 12.1 Å². The van der Waals surface area contributed by atoms with Crippen molar-refractivity contribution >= 4 is 11.9 Å². The van der Waals surface area contributed by atoms with Gasteiger partial charge >= 0.3 is 6.03 Å². The van der Waals surface area contributed by atoms with E-state index in [1.807, 2.05) is 4.90 Å². The molecule has 6 heteroatoms. The van der Waals surface area contributed by atoms with E-state index in [4.69, 9.17) is 0 Å². The van der Waals surface area contributed by atoms with Gasteiger partial charge in [-0.05, 0) is 48.8 Å². The molecule has 160 valence electrons. The van der Waals surface area contributed by atoms with Crippen molar-refractivity contribution in [1.29, 1.82) is 0 Å². The third-order valence-corrected chi connectivity index (χ3v) is 6.49. The Morgan fingerprint density at radius 1 is 1.07 bits per heavy atom. The summed E-state index contributed by atoms with van der Waals surface area (Å²) in [6.45, 7) is 3.99. The smallest absolute Gasteiger partial charge is 0.317 e. The molecule has 1 aromatic carbocycles. The van der Waals surface area contributed by atoms with Crippen molar-refractivity contribution in [3.8, 4) is 0 Å². The van der Waals surface area contributed by atoms with Gasteiger partial charge in [0.25, 0.3) is 0 Å². The summed E-state index contributed by atoms with van der Waals surface area (Å²) < 4.78 is 13.0. The Kier molecular flexibility index (Phi) is 7.90. The molecule has 2 atom stereocenters. The zero-order chi connectivity index (χ0) is 20.6. The number of amides is 3. The van der Waals surface area contributed by atoms with E-state index in [9.17, 15) is 14.0 Å². The van der Waals surface area contributed by atoms with Crippen LogP contribution in [0.2, 0.25) is 0 Å². The van der Waals surface area contributed by atoms with Crippen LogP contribution in [-0.2, 0) is 11.3 Å². The zero-order valence-corrected chi connectivity index (χ0v) is 17.5. The van der Waals surface area contributed by atoms with Crippen LogP contribution >= 0.6 is 0 Å². The average Bonchev–Trinajstić information content (AvgIpc) is 2.74. The lowest BCUT2D eigenvalue weighted by Crippen LogP contribution is -2.51. The lowest BCUT2D eigenvalue weighted by atomic mass is 9.81. The normalized spacial score (nSPS) is 22.9. The van der Waals surface area contributed by atoms with Crippen molar-refractivity contribution in [1.82, 2.24) is 15.5 Å². The molecule has 1 saturated heterocycles. The molecule has 5 nitrogen and oxygen atoms in total. The van der Waals surface area contributed by atoms with Crippen molar-refractivity contribution in [3.63, 3.8) is 0 Å². The molecule has 1 aliphatic heterocycles. The number of piperidine rings is 1. The summed E-state index contributed by atoms with van der Waals surface area (Å²) >= 11 is 0. The first-order chi connectivity index (χ1) is 14.0. The zero-order valence-electron chi connectivity index (χ0n) is 17.5. The highest BCUT2D eigenvalue weighted by atomic mass is 19.1. The maximum Gasteiger partial charge on any atom is 0.317 e. The number of nitrogens with zero attached hydrogens (tertiary/aromatic N) is 1. The van der Waals surface area contributed by atoms with Crippen molar-refractivity contribution in [2.24, 2.45) is 11.8 Å². The first-order valence-corrected chi connectivity index (χ1v) is 11.1. The van der Waals surface area contributed by atoms with E-state index < -0.39 is 0 Å². The molecule has 0 aromatic heterocycles. The van der Waals surface area contributed by atoms with E-state index in [-0.39, 0.29) is 17.8 Å². The minimum absolute atomic E-state index is 0.0258. The number of benzene rings is 1. The Hall–Kier alpha value is -2.11. The number of carbonyl (C=O) groups is 2. The van der Waals surface area contributed by atoms with Crippen LogP contribution in [0.5, 0.6) is 0 Å². The molecule has 0 unspecified atom stereocenters. The maximum absolute atomic E-state index is 13.0. The van der Waals surface area contributed by atoms with E-state index in [2.05, 4.69) is 17.6 Å². The fourth-order valence-corrected chi connectivity index (χ4v) is 4.62. The third-order valence-electron chi connectivity index (χ3n) is 6.49. The molecule has 1 heterocycles. The number of likely N-dealkylation sites (tertiary alicyclic amines) is 1. The van der Waals surface area contributed by atoms with Gasteiger partial charge in [-0.2, -0.15) is 0 Å². The van der Waals surface area contributed by atoms with Crippen LogP contribution in [0, 0.1) is 17.7 Å². The van der Waals surface area contributed by atoms with Gasteiger partial charge in [0.05, 0.1) is 0 Å². The first-order valence-electron chi connectivity index (χ1n) is 11.1. The molecule has 2 aliphatic rings. The molecule has 2 N–H and O–H groups in total. The van der Waals surface area contributed by atoms with E-state index in [1.165, 1.54) is 31.4 Å². The highest BCUT2D eigenvalue weighted by Crippen LogP contribution is 2.29. The summed E-state index contributed by atoms with van der Waals surface area (Å²) in [6.07, 6.45) is 8.18. The second kappa shape index (κ2) is 10.6. The van der Waals surface area contributed by atoms with Crippen LogP contribution in [-0.4, -0.2) is 36.0 Å². The van der Waals surface area contributed by atoms with Crippen molar-refractivity contribution in [2.45, 2.75) is 70.9 Å². The van der Waals surface area contributed by atoms with Crippen molar-refractivity contribution in [2.75, 3.05) is 13.1 Å². The van der Waals surface area contributed by atoms with Gasteiger partial charge in [-0.25, -0.2) is 9.18 Å². The summed E-state index contributed by atoms with van der Waals surface area (Å²) in [5, 5.41) is 6.16. The lowest BCUT2D eigenvalue weighted by Gasteiger charge is -2.39. The molecule has 0 radical (unpaired) electrons. The Morgan fingerprint density at radius 2 is 1.79 bits per heavy atom. The summed E-state index contributed by atoms with van der Waals surface area (Å²) in [5.74, 6) is 0.396. The maximum atomic E-state index is 13.0. The topological polar surface area (TPSA) is 61.4 Å². The average molecular weight is 404 g/mol. The number of hydrogen-bond donors (Lipinski definition) is 2. The van der Waals surface area contributed by atoms with Gasteiger partial charge < -0.3 is 15.5 Å². The summed E-state index contributed by atoms with van der Waals surface area (Å²) in [6, 6.07) is 6.58. The summed E-state index contributed by atoms with van der Waals surface area (Å²) in [5.41, 5.74) is 0.890. The van der Waals surface area contributed by atoms with E-state index >= 15 is 0 Å². The molecule has 2 fully saturated rings. The van der Waals surface area contributed by atoms with Gasteiger partial charge in [0, 0.05) is 32.1 Å². The standard InChI is InChI=1S/C23H34FN3O2/c1-2-18-16-27(23(29)26-21-6-4-3-5-7-21)13-12-19(18)14-22(28)25-15-17-8-10-20(24)11-9-17/h8-11,18-19,21H,2-7,12-16H2,1H3,(H,25,28)(H,26,29)/t18-,19+/m1/s1. The predicted molar refractivity (Wildman–Crippen MR) is 112 cm³/mol. The molecule has 1 saturated carbocycles. The van der Waals surface area contributed by atoms with Gasteiger partial charge in [0.15, 0.2) is 0 Å². The number of nitrogens with one attached hydrogen (secondary N) is 2. The van der Waals surface area contributed by atoms with Gasteiger partial charge in [-0.1, -0.05) is 44.7 Å². The van der Waals surface area contributed by atoms with Crippen molar-refractivity contribution in [3.05, 3.63) is 35.6 Å². The Labute approximate surface area is 173 Å². The van der Waals surface area contributed by atoms with E-state index in [0.29, 0.717) is 37.4 Å². The summed E-state index contributed by atoms with van der Waals surface area (Å²) in [7, 11) is 0. The van der Waals surface area contributed by atoms with Gasteiger partial charge in [0.2, 0.25) is 5.91 Å². The second-order valence-electron chi connectivity index (χ2n) is 8.55. The molecular weight excluding hydrogens is 369 g/mol. The minimum atomic E-state index is -0.273. The molecule has 3 rings (SSSR count). The van der Waals surface area contributed by atoms with Crippen LogP contribution in [0.15, 0.2) is 24.3 Å². The highest BCUT2D eigenvalue weighted by molar-refractivity contribution is 5.76. The van der Waals surface area contributed by atoms with E-state index in [0.717, 1.165) is 37.8 Å². The number of carbonyl (C=O) groups excluding carboxylic acids is 2. The summed E-state index contributed by atoms with van der Waals surface area (Å²) in [4.78, 5) is 27.0. The van der Waals surface area contributed by atoms with Crippen LogP contribution < -0.4 is 10.6 Å². The monoisotopic (exact) mass is 403 g/mol. The molecule has 1 aliphatic carbocycles. The Balaban J connectivity index is 1.44. The fraction of sp³-hybridized carbons (Fsp3) is 0.652. The third kappa shape index (κ3) is 6.44. The highest BCUT2D eigenvalue weighted by Gasteiger charge is 2.32. The quantitative estimate of drug-likeness (QED) is 0.747. The fourth-order valence-electron chi connectivity index (χ4n) is 4.62. The molecule has 0 spiro atoms. The molecular formula is C23H34FN3O2. The minimum Gasteiger partial charge on any atom is -0.352 e. The number of rotatable bonds is 6. The van der Waals surface area contributed by atoms with Crippen LogP contribution in [0.1, 0.15) is 63.9 Å². The SMILES string of the molecule is CC[C@@H]1CN(C(=O)NC2CCCCC2)CC[C@H]1CC(=O)NCc1ccc(F)cc1.